The maximum absolute atomic E-state index is 4.39. The molecule has 0 radical (unpaired) electrons. The summed E-state index contributed by atoms with van der Waals surface area (Å²) < 4.78 is 1.69. The minimum atomic E-state index is 0.731. The van der Waals surface area contributed by atoms with Crippen LogP contribution in [-0.4, -0.2) is 51.3 Å². The maximum atomic E-state index is 4.39. The number of aromatic nitrogens is 4. The highest BCUT2D eigenvalue weighted by Crippen LogP contribution is 2.20. The Hall–Kier alpha value is -1.95. The van der Waals surface area contributed by atoms with Crippen molar-refractivity contribution in [2.75, 3.05) is 32.0 Å². The fourth-order valence-corrected chi connectivity index (χ4v) is 2.56. The third-order valence-corrected chi connectivity index (χ3v) is 3.84. The fraction of sp³-hybridized carbons (Fsp3) is 0.500. The molecule has 0 saturated carbocycles. The van der Waals surface area contributed by atoms with Crippen LogP contribution in [0.4, 0.5) is 5.69 Å². The second kappa shape index (κ2) is 6.00. The van der Waals surface area contributed by atoms with Crippen LogP contribution in [0.2, 0.25) is 0 Å². The van der Waals surface area contributed by atoms with Crippen molar-refractivity contribution in [2.24, 2.45) is 5.92 Å². The van der Waals surface area contributed by atoms with Crippen molar-refractivity contribution in [2.45, 2.75) is 12.8 Å². The lowest BCUT2D eigenvalue weighted by Gasteiger charge is -2.29. The van der Waals surface area contributed by atoms with Gasteiger partial charge in [-0.15, -0.1) is 0 Å². The maximum Gasteiger partial charge on any atom is 0.178 e. The molecule has 3 rings (SSSR count). The predicted octanol–water partition coefficient (Wildman–Crippen LogP) is 1.42. The minimum absolute atomic E-state index is 0.731. The lowest BCUT2D eigenvalue weighted by atomic mass is 9.97. The Morgan fingerprint density at radius 2 is 2.20 bits per heavy atom. The molecule has 0 amide bonds. The Morgan fingerprint density at radius 1 is 1.35 bits per heavy atom. The van der Waals surface area contributed by atoms with E-state index in [0.717, 1.165) is 24.0 Å². The van der Waals surface area contributed by atoms with Gasteiger partial charge in [-0.25, -0.2) is 14.6 Å². The molecular formula is C14H20N6. The van der Waals surface area contributed by atoms with Crippen molar-refractivity contribution in [1.29, 1.82) is 0 Å². The van der Waals surface area contributed by atoms with Crippen LogP contribution in [0.25, 0.3) is 5.82 Å². The Labute approximate surface area is 118 Å². The van der Waals surface area contributed by atoms with Crippen LogP contribution in [0.5, 0.6) is 0 Å². The number of likely N-dealkylation sites (tertiary alicyclic amines) is 1. The Kier molecular flexibility index (Phi) is 3.92. The summed E-state index contributed by atoms with van der Waals surface area (Å²) in [7, 11) is 2.19. The first-order chi connectivity index (χ1) is 9.83. The molecule has 1 aliphatic rings. The molecule has 1 aliphatic heterocycles. The van der Waals surface area contributed by atoms with E-state index in [2.05, 4.69) is 32.3 Å². The van der Waals surface area contributed by atoms with Crippen LogP contribution in [0.1, 0.15) is 12.8 Å². The fourth-order valence-electron chi connectivity index (χ4n) is 2.56. The molecule has 1 saturated heterocycles. The van der Waals surface area contributed by atoms with E-state index in [1.54, 1.807) is 17.2 Å². The van der Waals surface area contributed by atoms with E-state index < -0.39 is 0 Å². The summed E-state index contributed by atoms with van der Waals surface area (Å²) in [6, 6.07) is 3.98. The Morgan fingerprint density at radius 3 is 2.95 bits per heavy atom. The highest BCUT2D eigenvalue weighted by molar-refractivity contribution is 5.56. The molecule has 6 heteroatoms. The third kappa shape index (κ3) is 2.96. The normalized spacial score (nSPS) is 17.2. The molecule has 0 unspecified atom stereocenters. The number of nitrogens with zero attached hydrogens (tertiary/aromatic N) is 5. The van der Waals surface area contributed by atoms with E-state index >= 15 is 0 Å². The first kappa shape index (κ1) is 13.1. The van der Waals surface area contributed by atoms with Crippen LogP contribution in [-0.2, 0) is 0 Å². The van der Waals surface area contributed by atoms with Crippen LogP contribution < -0.4 is 5.32 Å². The summed E-state index contributed by atoms with van der Waals surface area (Å²) in [6.07, 6.45) is 7.47. The highest BCUT2D eigenvalue weighted by atomic mass is 15.3. The van der Waals surface area contributed by atoms with Gasteiger partial charge in [0.25, 0.3) is 0 Å². The average Bonchev–Trinajstić information content (AvgIpc) is 3.01. The van der Waals surface area contributed by atoms with Gasteiger partial charge in [-0.1, -0.05) is 0 Å². The minimum Gasteiger partial charge on any atom is -0.382 e. The van der Waals surface area contributed by atoms with Crippen LogP contribution in [0.3, 0.4) is 0 Å². The average molecular weight is 272 g/mol. The monoisotopic (exact) mass is 272 g/mol. The van der Waals surface area contributed by atoms with E-state index in [9.17, 15) is 0 Å². The molecular weight excluding hydrogens is 252 g/mol. The van der Waals surface area contributed by atoms with Gasteiger partial charge in [0.1, 0.15) is 12.7 Å². The first-order valence-electron chi connectivity index (χ1n) is 7.05. The zero-order chi connectivity index (χ0) is 13.8. The zero-order valence-electron chi connectivity index (χ0n) is 11.7. The number of rotatable bonds is 4. The van der Waals surface area contributed by atoms with E-state index in [0.29, 0.717) is 0 Å². The van der Waals surface area contributed by atoms with E-state index in [1.807, 2.05) is 12.1 Å². The molecule has 0 aliphatic carbocycles. The van der Waals surface area contributed by atoms with Crippen molar-refractivity contribution in [3.63, 3.8) is 0 Å². The molecule has 0 atom stereocenters. The molecule has 2 aromatic rings. The summed E-state index contributed by atoms with van der Waals surface area (Å²) in [5.41, 5.74) is 1.01. The van der Waals surface area contributed by atoms with Gasteiger partial charge >= 0.3 is 0 Å². The van der Waals surface area contributed by atoms with E-state index in [-0.39, 0.29) is 0 Å². The van der Waals surface area contributed by atoms with Crippen molar-refractivity contribution < 1.29 is 0 Å². The van der Waals surface area contributed by atoms with Gasteiger partial charge in [0.05, 0.1) is 5.69 Å². The highest BCUT2D eigenvalue weighted by Gasteiger charge is 2.17. The molecule has 1 N–H and O–H groups in total. The second-order valence-corrected chi connectivity index (χ2v) is 5.34. The van der Waals surface area contributed by atoms with Gasteiger partial charge in [-0.05, 0) is 51.0 Å². The Balaban J connectivity index is 1.66. The Bertz CT molecular complexity index is 530. The van der Waals surface area contributed by atoms with Gasteiger partial charge in [0.15, 0.2) is 5.82 Å². The number of anilines is 1. The zero-order valence-corrected chi connectivity index (χ0v) is 11.7. The number of hydrogen-bond acceptors (Lipinski definition) is 5. The van der Waals surface area contributed by atoms with Gasteiger partial charge < -0.3 is 10.2 Å². The van der Waals surface area contributed by atoms with Gasteiger partial charge in [0, 0.05) is 12.7 Å². The third-order valence-electron chi connectivity index (χ3n) is 3.84. The quantitative estimate of drug-likeness (QED) is 0.912. The van der Waals surface area contributed by atoms with Crippen molar-refractivity contribution >= 4 is 5.69 Å². The molecule has 3 heterocycles. The van der Waals surface area contributed by atoms with Gasteiger partial charge in [0.2, 0.25) is 0 Å². The van der Waals surface area contributed by atoms with Crippen LogP contribution in [0, 0.1) is 5.92 Å². The molecule has 20 heavy (non-hydrogen) atoms. The summed E-state index contributed by atoms with van der Waals surface area (Å²) in [6.45, 7) is 3.37. The molecule has 6 nitrogen and oxygen atoms in total. The number of pyridine rings is 1. The first-order valence-corrected chi connectivity index (χ1v) is 7.05. The second-order valence-electron chi connectivity index (χ2n) is 5.34. The molecule has 0 bridgehead atoms. The largest absolute Gasteiger partial charge is 0.382 e. The van der Waals surface area contributed by atoms with Crippen molar-refractivity contribution in [1.82, 2.24) is 24.6 Å². The topological polar surface area (TPSA) is 58.9 Å². The van der Waals surface area contributed by atoms with E-state index in [1.165, 1.54) is 32.3 Å². The van der Waals surface area contributed by atoms with E-state index in [4.69, 9.17) is 0 Å². The van der Waals surface area contributed by atoms with Crippen LogP contribution in [0.15, 0.2) is 31.0 Å². The number of nitrogens with one attached hydrogen (secondary N) is 1. The summed E-state index contributed by atoms with van der Waals surface area (Å²) >= 11 is 0. The number of hydrogen-bond donors (Lipinski definition) is 1. The van der Waals surface area contributed by atoms with Gasteiger partial charge in [-0.3, -0.25) is 0 Å². The van der Waals surface area contributed by atoms with Crippen molar-refractivity contribution in [3.8, 4) is 5.82 Å². The molecule has 2 aromatic heterocycles. The summed E-state index contributed by atoms with van der Waals surface area (Å²) in [5, 5.41) is 7.66. The molecule has 0 aromatic carbocycles. The molecule has 1 fully saturated rings. The number of piperidine rings is 1. The van der Waals surface area contributed by atoms with Crippen LogP contribution >= 0.6 is 0 Å². The summed E-state index contributed by atoms with van der Waals surface area (Å²) in [5.74, 6) is 1.54. The lowest BCUT2D eigenvalue weighted by Crippen LogP contribution is -2.33. The SMILES string of the molecule is CN1CCC(CNc2cccnc2-n2cncn2)CC1. The summed E-state index contributed by atoms with van der Waals surface area (Å²) in [4.78, 5) is 10.8. The van der Waals surface area contributed by atoms with Gasteiger partial charge in [-0.2, -0.15) is 5.10 Å². The van der Waals surface area contributed by atoms with Crippen molar-refractivity contribution in [3.05, 3.63) is 31.0 Å². The predicted molar refractivity (Wildman–Crippen MR) is 77.9 cm³/mol. The standard InChI is InChI=1S/C14H20N6/c1-19-7-4-12(5-8-19)9-17-13-3-2-6-16-14(13)20-11-15-10-18-20/h2-3,6,10-12,17H,4-5,7-9H2,1H3. The molecule has 106 valence electrons. The molecule has 0 spiro atoms. The lowest BCUT2D eigenvalue weighted by molar-refractivity contribution is 0.226. The smallest absolute Gasteiger partial charge is 0.178 e.